The highest BCUT2D eigenvalue weighted by Gasteiger charge is 2.24. The highest BCUT2D eigenvalue weighted by atomic mass is 16.5. The number of aliphatic imine (C=N–C) groups is 1. The van der Waals surface area contributed by atoms with Crippen molar-refractivity contribution in [1.82, 2.24) is 0 Å². The maximum absolute atomic E-state index is 10.9. The predicted molar refractivity (Wildman–Crippen MR) is 47.3 cm³/mol. The molecule has 0 radical (unpaired) electrons. The third-order valence-electron chi connectivity index (χ3n) is 1.73. The summed E-state index contributed by atoms with van der Waals surface area (Å²) in [5.74, 6) is 0.352. The number of hydrogen-bond acceptors (Lipinski definition) is 3. The number of nitrogens with zero attached hydrogens (tertiary/aromatic N) is 1. The number of carbonyl (C=O) groups excluding carboxylic acids is 1. The number of cyclic esters (lactones) is 1. The van der Waals surface area contributed by atoms with Crippen molar-refractivity contribution in [2.75, 3.05) is 13.2 Å². The lowest BCUT2D eigenvalue weighted by Crippen LogP contribution is -2.09. The lowest BCUT2D eigenvalue weighted by Gasteiger charge is -1.98. The molecule has 1 aliphatic rings. The minimum atomic E-state index is -0.123. The van der Waals surface area contributed by atoms with Crippen LogP contribution in [0.3, 0.4) is 0 Å². The van der Waals surface area contributed by atoms with Crippen molar-refractivity contribution >= 4 is 12.2 Å². The molecule has 0 N–H and O–H groups in total. The number of rotatable bonds is 3. The van der Waals surface area contributed by atoms with Gasteiger partial charge < -0.3 is 4.74 Å². The molecule has 3 nitrogen and oxygen atoms in total. The summed E-state index contributed by atoms with van der Waals surface area (Å²) in [6.07, 6.45) is 2.52. The Morgan fingerprint density at radius 3 is 3.00 bits per heavy atom. The van der Waals surface area contributed by atoms with Gasteiger partial charge in [0.05, 0.1) is 12.5 Å². The summed E-state index contributed by atoms with van der Waals surface area (Å²) < 4.78 is 4.79. The van der Waals surface area contributed by atoms with Gasteiger partial charge in [0.25, 0.3) is 0 Å². The highest BCUT2D eigenvalue weighted by Crippen LogP contribution is 2.11. The molecule has 0 spiro atoms. The Morgan fingerprint density at radius 1 is 1.75 bits per heavy atom. The van der Waals surface area contributed by atoms with Gasteiger partial charge in [-0.25, -0.2) is 0 Å². The topological polar surface area (TPSA) is 38.7 Å². The van der Waals surface area contributed by atoms with Gasteiger partial charge >= 0.3 is 5.97 Å². The Morgan fingerprint density at radius 2 is 2.50 bits per heavy atom. The first-order valence-corrected chi connectivity index (χ1v) is 4.36. The Hall–Kier alpha value is -0.860. The maximum atomic E-state index is 10.9. The van der Waals surface area contributed by atoms with Gasteiger partial charge in [0.15, 0.2) is 0 Å². The van der Waals surface area contributed by atoms with Crippen LogP contribution in [-0.4, -0.2) is 25.3 Å². The van der Waals surface area contributed by atoms with E-state index in [1.807, 2.05) is 0 Å². The number of carbonyl (C=O) groups is 1. The second-order valence-corrected chi connectivity index (χ2v) is 3.47. The van der Waals surface area contributed by atoms with Gasteiger partial charge in [0, 0.05) is 12.8 Å². The van der Waals surface area contributed by atoms with E-state index < -0.39 is 0 Å². The molecule has 1 saturated heterocycles. The van der Waals surface area contributed by atoms with E-state index in [0.717, 1.165) is 13.0 Å². The molecular weight excluding hydrogens is 154 g/mol. The minimum Gasteiger partial charge on any atom is -0.465 e. The second-order valence-electron chi connectivity index (χ2n) is 3.47. The molecule has 0 saturated carbocycles. The van der Waals surface area contributed by atoms with E-state index in [2.05, 4.69) is 18.8 Å². The zero-order valence-electron chi connectivity index (χ0n) is 7.62. The minimum absolute atomic E-state index is 0.0799. The Balaban J connectivity index is 2.30. The van der Waals surface area contributed by atoms with Crippen molar-refractivity contribution in [1.29, 1.82) is 0 Å². The fraction of sp³-hybridized carbons (Fsp3) is 0.778. The molecule has 1 rings (SSSR count). The molecule has 0 aromatic rings. The van der Waals surface area contributed by atoms with Crippen LogP contribution in [0.25, 0.3) is 0 Å². The second kappa shape index (κ2) is 4.24. The third kappa shape index (κ3) is 2.64. The summed E-state index contributed by atoms with van der Waals surface area (Å²) in [6, 6.07) is 0. The van der Waals surface area contributed by atoms with Crippen molar-refractivity contribution < 1.29 is 9.53 Å². The van der Waals surface area contributed by atoms with Crippen molar-refractivity contribution in [2.24, 2.45) is 16.8 Å². The first-order valence-electron chi connectivity index (χ1n) is 4.36. The molecule has 0 aromatic carbocycles. The van der Waals surface area contributed by atoms with E-state index in [4.69, 9.17) is 4.74 Å². The quantitative estimate of drug-likeness (QED) is 0.471. The fourth-order valence-corrected chi connectivity index (χ4v) is 1.05. The number of esters is 1. The van der Waals surface area contributed by atoms with Gasteiger partial charge in [0.2, 0.25) is 0 Å². The van der Waals surface area contributed by atoms with E-state index in [0.29, 0.717) is 12.5 Å². The van der Waals surface area contributed by atoms with Gasteiger partial charge in [-0.3, -0.25) is 9.79 Å². The maximum Gasteiger partial charge on any atom is 0.314 e. The average molecular weight is 169 g/mol. The molecule has 0 aliphatic carbocycles. The predicted octanol–water partition coefficient (Wildman–Crippen LogP) is 1.28. The average Bonchev–Trinajstić information content (AvgIpc) is 2.36. The first-order chi connectivity index (χ1) is 5.70. The highest BCUT2D eigenvalue weighted by molar-refractivity contribution is 5.91. The fourth-order valence-electron chi connectivity index (χ4n) is 1.05. The van der Waals surface area contributed by atoms with E-state index >= 15 is 0 Å². The monoisotopic (exact) mass is 169 g/mol. The van der Waals surface area contributed by atoms with Crippen molar-refractivity contribution in [3.63, 3.8) is 0 Å². The van der Waals surface area contributed by atoms with Crippen LogP contribution in [0.5, 0.6) is 0 Å². The molecule has 0 amide bonds. The molecule has 1 aliphatic heterocycles. The van der Waals surface area contributed by atoms with Crippen molar-refractivity contribution in [3.8, 4) is 0 Å². The van der Waals surface area contributed by atoms with Crippen molar-refractivity contribution in [2.45, 2.75) is 20.3 Å². The van der Waals surface area contributed by atoms with Gasteiger partial charge in [-0.1, -0.05) is 13.8 Å². The molecule has 1 fully saturated rings. The lowest BCUT2D eigenvalue weighted by molar-refractivity contribution is -0.139. The van der Waals surface area contributed by atoms with Gasteiger partial charge in [-0.2, -0.15) is 0 Å². The van der Waals surface area contributed by atoms with E-state index in [1.54, 1.807) is 6.21 Å². The zero-order valence-corrected chi connectivity index (χ0v) is 7.62. The first kappa shape index (κ1) is 9.23. The normalized spacial score (nSPS) is 23.9. The van der Waals surface area contributed by atoms with Gasteiger partial charge in [-0.05, 0) is 12.3 Å². The van der Waals surface area contributed by atoms with Crippen molar-refractivity contribution in [3.05, 3.63) is 0 Å². The van der Waals surface area contributed by atoms with Crippen LogP contribution in [0.15, 0.2) is 4.99 Å². The van der Waals surface area contributed by atoms with Crippen LogP contribution >= 0.6 is 0 Å². The van der Waals surface area contributed by atoms with E-state index in [9.17, 15) is 4.79 Å². The smallest absolute Gasteiger partial charge is 0.314 e. The Labute approximate surface area is 72.8 Å². The summed E-state index contributed by atoms with van der Waals surface area (Å²) >= 11 is 0. The molecule has 68 valence electrons. The van der Waals surface area contributed by atoms with Crippen LogP contribution in [0.2, 0.25) is 0 Å². The molecule has 1 unspecified atom stereocenters. The van der Waals surface area contributed by atoms with Crippen LogP contribution in [0.1, 0.15) is 20.3 Å². The van der Waals surface area contributed by atoms with E-state index in [1.165, 1.54) is 0 Å². The SMILES string of the molecule is CC(C)CN=CC1CCOC1=O. The summed E-state index contributed by atoms with van der Waals surface area (Å²) in [4.78, 5) is 15.1. The Bertz CT molecular complexity index is 187. The standard InChI is InChI=1S/C9H15NO2/c1-7(2)5-10-6-8-3-4-12-9(8)11/h6-8H,3-5H2,1-2H3. The van der Waals surface area contributed by atoms with Crippen LogP contribution in [0.4, 0.5) is 0 Å². The molecule has 0 aromatic heterocycles. The summed E-state index contributed by atoms with van der Waals surface area (Å²) in [5, 5.41) is 0. The Kier molecular flexibility index (Phi) is 3.26. The third-order valence-corrected chi connectivity index (χ3v) is 1.73. The van der Waals surface area contributed by atoms with Crippen LogP contribution in [-0.2, 0) is 9.53 Å². The summed E-state index contributed by atoms with van der Waals surface area (Å²) in [7, 11) is 0. The van der Waals surface area contributed by atoms with E-state index in [-0.39, 0.29) is 11.9 Å². The number of hydrogen-bond donors (Lipinski definition) is 0. The molecule has 3 heteroatoms. The van der Waals surface area contributed by atoms with Crippen LogP contribution in [0, 0.1) is 11.8 Å². The zero-order chi connectivity index (χ0) is 8.97. The molecule has 1 heterocycles. The molecular formula is C9H15NO2. The molecule has 0 bridgehead atoms. The summed E-state index contributed by atoms with van der Waals surface area (Å²) in [6.45, 7) is 5.55. The largest absolute Gasteiger partial charge is 0.465 e. The van der Waals surface area contributed by atoms with Gasteiger partial charge in [-0.15, -0.1) is 0 Å². The van der Waals surface area contributed by atoms with Gasteiger partial charge in [0.1, 0.15) is 0 Å². The number of ether oxygens (including phenoxy) is 1. The molecule has 12 heavy (non-hydrogen) atoms. The summed E-state index contributed by atoms with van der Waals surface area (Å²) in [5.41, 5.74) is 0. The molecule has 1 atom stereocenters. The lowest BCUT2D eigenvalue weighted by atomic mass is 10.1. The van der Waals surface area contributed by atoms with Crippen LogP contribution < -0.4 is 0 Å².